The second-order valence-corrected chi connectivity index (χ2v) is 6.42. The summed E-state index contributed by atoms with van der Waals surface area (Å²) in [6, 6.07) is 1.71. The molecule has 0 radical (unpaired) electrons. The second-order valence-electron chi connectivity index (χ2n) is 6.42. The standard InChI is InChI=1S/C15H18F3N3O3/c16-15(17,18)11-8-20(7-10(11)14(23)24)13(22)12-5-6-21(19-12)9-3-1-2-4-9/h5-6,9-11H,1-4,7-8H2,(H,23,24)/t10-,11-/m1/s1. The summed E-state index contributed by atoms with van der Waals surface area (Å²) in [5.41, 5.74) is 0.0638. The van der Waals surface area contributed by atoms with Gasteiger partial charge in [0.15, 0.2) is 0 Å². The van der Waals surface area contributed by atoms with Crippen molar-refractivity contribution in [3.05, 3.63) is 18.0 Å². The number of carboxylic acids is 1. The lowest BCUT2D eigenvalue weighted by molar-refractivity contribution is -0.187. The fourth-order valence-corrected chi connectivity index (χ4v) is 3.54. The van der Waals surface area contributed by atoms with E-state index in [2.05, 4.69) is 5.10 Å². The van der Waals surface area contributed by atoms with Crippen LogP contribution >= 0.6 is 0 Å². The Bertz CT molecular complexity index is 637. The highest BCUT2D eigenvalue weighted by molar-refractivity contribution is 5.93. The predicted octanol–water partition coefficient (Wildman–Crippen LogP) is 2.33. The molecule has 2 fully saturated rings. The summed E-state index contributed by atoms with van der Waals surface area (Å²) in [4.78, 5) is 24.4. The van der Waals surface area contributed by atoms with Crippen LogP contribution in [-0.4, -0.2) is 50.9 Å². The Morgan fingerprint density at radius 2 is 1.88 bits per heavy atom. The van der Waals surface area contributed by atoms with Gasteiger partial charge in [0.25, 0.3) is 5.91 Å². The van der Waals surface area contributed by atoms with Crippen LogP contribution in [0.2, 0.25) is 0 Å². The third kappa shape index (κ3) is 3.11. The van der Waals surface area contributed by atoms with Crippen molar-refractivity contribution in [3.63, 3.8) is 0 Å². The number of hydrogen-bond donors (Lipinski definition) is 1. The Balaban J connectivity index is 1.74. The summed E-state index contributed by atoms with van der Waals surface area (Å²) in [6.07, 6.45) is 1.13. The Kier molecular flexibility index (Phi) is 4.27. The highest BCUT2D eigenvalue weighted by atomic mass is 19.4. The third-order valence-electron chi connectivity index (χ3n) is 4.87. The number of hydrogen-bond acceptors (Lipinski definition) is 3. The van der Waals surface area contributed by atoms with Crippen molar-refractivity contribution < 1.29 is 27.9 Å². The lowest BCUT2D eigenvalue weighted by atomic mass is 9.96. The molecule has 1 aliphatic carbocycles. The van der Waals surface area contributed by atoms with Crippen molar-refractivity contribution in [2.45, 2.75) is 37.9 Å². The smallest absolute Gasteiger partial charge is 0.394 e. The maximum atomic E-state index is 13.0. The number of halogens is 3. The fourth-order valence-electron chi connectivity index (χ4n) is 3.54. The number of aromatic nitrogens is 2. The van der Waals surface area contributed by atoms with Gasteiger partial charge in [-0.05, 0) is 18.9 Å². The van der Waals surface area contributed by atoms with Crippen LogP contribution in [0.5, 0.6) is 0 Å². The summed E-state index contributed by atoms with van der Waals surface area (Å²) in [7, 11) is 0. The normalized spacial score (nSPS) is 25.4. The van der Waals surface area contributed by atoms with Gasteiger partial charge in [0.1, 0.15) is 5.69 Å². The average Bonchev–Trinajstić information content (AvgIpc) is 3.23. The molecule has 0 spiro atoms. The van der Waals surface area contributed by atoms with Gasteiger partial charge < -0.3 is 10.0 Å². The van der Waals surface area contributed by atoms with E-state index < -0.39 is 43.0 Å². The number of rotatable bonds is 3. The number of carbonyl (C=O) groups excluding carboxylic acids is 1. The van der Waals surface area contributed by atoms with Gasteiger partial charge in [0.2, 0.25) is 0 Å². The molecule has 0 aromatic carbocycles. The van der Waals surface area contributed by atoms with E-state index in [-0.39, 0.29) is 11.7 Å². The number of aliphatic carboxylic acids is 1. The summed E-state index contributed by atoms with van der Waals surface area (Å²) in [6.45, 7) is -1.09. The van der Waals surface area contributed by atoms with Crippen LogP contribution in [0, 0.1) is 11.8 Å². The van der Waals surface area contributed by atoms with E-state index in [4.69, 9.17) is 5.11 Å². The van der Waals surface area contributed by atoms with E-state index in [1.807, 2.05) is 0 Å². The molecule has 1 amide bonds. The van der Waals surface area contributed by atoms with Crippen LogP contribution in [0.15, 0.2) is 12.3 Å². The number of likely N-dealkylation sites (tertiary alicyclic amines) is 1. The molecule has 0 bridgehead atoms. The van der Waals surface area contributed by atoms with E-state index in [1.165, 1.54) is 6.07 Å². The molecule has 1 aliphatic heterocycles. The molecule has 6 nitrogen and oxygen atoms in total. The van der Waals surface area contributed by atoms with Gasteiger partial charge in [-0.2, -0.15) is 18.3 Å². The zero-order valence-electron chi connectivity index (χ0n) is 12.9. The molecule has 2 aliphatic rings. The molecule has 1 aromatic heterocycles. The quantitative estimate of drug-likeness (QED) is 0.912. The van der Waals surface area contributed by atoms with Crippen molar-refractivity contribution in [2.24, 2.45) is 11.8 Å². The molecule has 1 saturated carbocycles. The summed E-state index contributed by atoms with van der Waals surface area (Å²) in [5.74, 6) is -5.87. The zero-order valence-corrected chi connectivity index (χ0v) is 12.9. The number of carbonyl (C=O) groups is 2. The molecule has 1 N–H and O–H groups in total. The van der Waals surface area contributed by atoms with Crippen LogP contribution < -0.4 is 0 Å². The minimum atomic E-state index is -4.65. The Morgan fingerprint density at radius 3 is 2.42 bits per heavy atom. The van der Waals surface area contributed by atoms with Crippen LogP contribution in [0.3, 0.4) is 0 Å². The highest BCUT2D eigenvalue weighted by Gasteiger charge is 2.53. The number of carboxylic acid groups (broad SMARTS) is 1. The first-order chi connectivity index (χ1) is 11.3. The Morgan fingerprint density at radius 1 is 1.21 bits per heavy atom. The molecule has 9 heteroatoms. The molecule has 2 heterocycles. The lowest BCUT2D eigenvalue weighted by Crippen LogP contribution is -2.34. The molecule has 2 atom stereocenters. The minimum Gasteiger partial charge on any atom is -0.481 e. The van der Waals surface area contributed by atoms with E-state index in [0.29, 0.717) is 0 Å². The van der Waals surface area contributed by atoms with E-state index >= 15 is 0 Å². The average molecular weight is 345 g/mol. The molecule has 3 rings (SSSR count). The van der Waals surface area contributed by atoms with Crippen LogP contribution in [0.4, 0.5) is 13.2 Å². The first-order valence-electron chi connectivity index (χ1n) is 7.91. The third-order valence-corrected chi connectivity index (χ3v) is 4.87. The second kappa shape index (κ2) is 6.10. The maximum Gasteiger partial charge on any atom is 0.394 e. The van der Waals surface area contributed by atoms with Gasteiger partial charge in [-0.3, -0.25) is 14.3 Å². The van der Waals surface area contributed by atoms with Crippen molar-refractivity contribution in [2.75, 3.05) is 13.1 Å². The van der Waals surface area contributed by atoms with Gasteiger partial charge >= 0.3 is 12.1 Å². The van der Waals surface area contributed by atoms with Gasteiger partial charge in [-0.25, -0.2) is 0 Å². The number of alkyl halides is 3. The van der Waals surface area contributed by atoms with Crippen molar-refractivity contribution >= 4 is 11.9 Å². The SMILES string of the molecule is O=C(O)[C@@H]1CN(C(=O)c2ccn(C3CCCC3)n2)C[C@H]1C(F)(F)F. The van der Waals surface area contributed by atoms with Gasteiger partial charge in [0.05, 0.1) is 17.9 Å². The van der Waals surface area contributed by atoms with E-state index in [0.717, 1.165) is 30.6 Å². The fraction of sp³-hybridized carbons (Fsp3) is 0.667. The van der Waals surface area contributed by atoms with E-state index in [9.17, 15) is 22.8 Å². The summed E-state index contributed by atoms with van der Waals surface area (Å²) in [5, 5.41) is 13.2. The van der Waals surface area contributed by atoms with Gasteiger partial charge in [-0.1, -0.05) is 12.8 Å². The molecule has 1 aromatic rings. The monoisotopic (exact) mass is 345 g/mol. The Hall–Kier alpha value is -2.06. The van der Waals surface area contributed by atoms with Crippen LogP contribution in [0.25, 0.3) is 0 Å². The summed E-state index contributed by atoms with van der Waals surface area (Å²) >= 11 is 0. The largest absolute Gasteiger partial charge is 0.481 e. The molecule has 132 valence electrons. The van der Waals surface area contributed by atoms with Crippen molar-refractivity contribution in [3.8, 4) is 0 Å². The predicted molar refractivity (Wildman–Crippen MR) is 76.3 cm³/mol. The summed E-state index contributed by atoms with van der Waals surface area (Å²) < 4.78 is 40.7. The van der Waals surface area contributed by atoms with E-state index in [1.54, 1.807) is 10.9 Å². The van der Waals surface area contributed by atoms with Crippen LogP contribution in [-0.2, 0) is 4.79 Å². The van der Waals surface area contributed by atoms with Crippen molar-refractivity contribution in [1.82, 2.24) is 14.7 Å². The van der Waals surface area contributed by atoms with Gasteiger partial charge in [-0.15, -0.1) is 0 Å². The lowest BCUT2D eigenvalue weighted by Gasteiger charge is -2.18. The molecule has 0 unspecified atom stereocenters. The molecular formula is C15H18F3N3O3. The van der Waals surface area contributed by atoms with Crippen molar-refractivity contribution in [1.29, 1.82) is 0 Å². The van der Waals surface area contributed by atoms with Crippen LogP contribution in [0.1, 0.15) is 42.2 Å². The molecule has 1 saturated heterocycles. The Labute approximate surface area is 136 Å². The maximum absolute atomic E-state index is 13.0. The number of amides is 1. The topological polar surface area (TPSA) is 75.4 Å². The molecular weight excluding hydrogens is 327 g/mol. The first-order valence-corrected chi connectivity index (χ1v) is 7.91. The zero-order chi connectivity index (χ0) is 17.5. The first kappa shape index (κ1) is 16.8. The highest BCUT2D eigenvalue weighted by Crippen LogP contribution is 2.38. The minimum absolute atomic E-state index is 0.0638. The van der Waals surface area contributed by atoms with Gasteiger partial charge in [0, 0.05) is 19.3 Å². The molecule has 24 heavy (non-hydrogen) atoms. The number of nitrogens with zero attached hydrogens (tertiary/aromatic N) is 3.